The van der Waals surface area contributed by atoms with Crippen LogP contribution in [0, 0.1) is 29.1 Å². The van der Waals surface area contributed by atoms with Crippen molar-refractivity contribution in [2.45, 2.75) is 109 Å². The maximum Gasteiger partial charge on any atom is 0.309 e. The van der Waals surface area contributed by atoms with Crippen molar-refractivity contribution >= 4 is 5.97 Å². The predicted molar refractivity (Wildman–Crippen MR) is 119 cm³/mol. The number of nitrogens with zero attached hydrogens (tertiary/aromatic N) is 1. The molecule has 2 saturated carbocycles. The lowest BCUT2D eigenvalue weighted by atomic mass is 9.79. The Hall–Kier alpha value is -1.56. The monoisotopic (exact) mass is 399 g/mol. The number of carbonyl (C=O) groups excluding carboxylic acids is 1. The van der Waals surface area contributed by atoms with E-state index in [-0.39, 0.29) is 18.0 Å². The molecule has 2 fully saturated rings. The van der Waals surface area contributed by atoms with E-state index in [1.54, 1.807) is 6.08 Å². The zero-order chi connectivity index (χ0) is 20.7. The highest BCUT2D eigenvalue weighted by atomic mass is 16.5. The molecule has 2 aliphatic rings. The van der Waals surface area contributed by atoms with Gasteiger partial charge in [-0.15, -0.1) is 0 Å². The van der Waals surface area contributed by atoms with Gasteiger partial charge in [0.05, 0.1) is 12.0 Å². The summed E-state index contributed by atoms with van der Waals surface area (Å²) >= 11 is 0. The van der Waals surface area contributed by atoms with Crippen LogP contribution in [0.5, 0.6) is 0 Å². The van der Waals surface area contributed by atoms with Gasteiger partial charge in [0.2, 0.25) is 0 Å². The third kappa shape index (κ3) is 9.66. The van der Waals surface area contributed by atoms with Crippen molar-refractivity contribution in [1.82, 2.24) is 0 Å². The van der Waals surface area contributed by atoms with Crippen LogP contribution in [0.4, 0.5) is 0 Å². The molecule has 3 heteroatoms. The third-order valence-electron chi connectivity index (χ3n) is 6.88. The normalized spacial score (nSPS) is 27.9. The van der Waals surface area contributed by atoms with Crippen molar-refractivity contribution in [2.75, 3.05) is 0 Å². The van der Waals surface area contributed by atoms with Crippen LogP contribution in [0.15, 0.2) is 24.3 Å². The molecule has 0 spiro atoms. The molecule has 3 nitrogen and oxygen atoms in total. The first-order valence-electron chi connectivity index (χ1n) is 12.1. The molecule has 0 heterocycles. The number of unbranched alkanes of at least 4 members (excludes halogenated alkanes) is 3. The number of nitriles is 1. The Balaban J connectivity index is 1.56. The van der Waals surface area contributed by atoms with Gasteiger partial charge in [0.1, 0.15) is 6.10 Å². The van der Waals surface area contributed by atoms with Gasteiger partial charge >= 0.3 is 5.97 Å². The average Bonchev–Trinajstić information content (AvgIpc) is 2.75. The minimum Gasteiger partial charge on any atom is -0.462 e. The molecule has 0 atom stereocenters. The minimum absolute atomic E-state index is 0.0881. The largest absolute Gasteiger partial charge is 0.462 e. The first kappa shape index (κ1) is 23.7. The maximum atomic E-state index is 12.6. The standard InChI is InChI=1S/C26H41NO2/c1-2-3-4-8-11-22-13-17-24(18-14-22)26(28)29-25-19-15-23(16-20-25)12-9-6-5-7-10-21-27/h5-7,10,22-25H,2-4,8-9,11-20H2,1H3/b6-5+,10-7?/t22-,23?,24-,25?. The third-order valence-corrected chi connectivity index (χ3v) is 6.88. The molecule has 2 aliphatic carbocycles. The zero-order valence-electron chi connectivity index (χ0n) is 18.5. The van der Waals surface area contributed by atoms with Crippen molar-refractivity contribution in [2.24, 2.45) is 17.8 Å². The molecule has 0 unspecified atom stereocenters. The van der Waals surface area contributed by atoms with Crippen LogP contribution < -0.4 is 0 Å². The molecular weight excluding hydrogens is 358 g/mol. The molecule has 0 aromatic carbocycles. The Labute approximate surface area is 178 Å². The number of hydrogen-bond acceptors (Lipinski definition) is 3. The second-order valence-electron chi connectivity index (χ2n) is 9.14. The molecule has 0 saturated heterocycles. The van der Waals surface area contributed by atoms with Gasteiger partial charge in [0, 0.05) is 6.08 Å². The van der Waals surface area contributed by atoms with E-state index in [1.807, 2.05) is 12.1 Å². The van der Waals surface area contributed by atoms with E-state index in [0.29, 0.717) is 0 Å². The lowest BCUT2D eigenvalue weighted by Crippen LogP contribution is -2.30. The first-order valence-corrected chi connectivity index (χ1v) is 12.1. The lowest BCUT2D eigenvalue weighted by Gasteiger charge is -2.31. The van der Waals surface area contributed by atoms with Gasteiger partial charge in [-0.05, 0) is 76.0 Å². The van der Waals surface area contributed by atoms with Crippen LogP contribution in [-0.2, 0) is 9.53 Å². The highest BCUT2D eigenvalue weighted by molar-refractivity contribution is 5.72. The summed E-state index contributed by atoms with van der Waals surface area (Å²) in [5.74, 6) is 1.84. The first-order chi connectivity index (χ1) is 14.2. The number of rotatable bonds is 11. The van der Waals surface area contributed by atoms with E-state index >= 15 is 0 Å². The average molecular weight is 400 g/mol. The fourth-order valence-electron chi connectivity index (χ4n) is 4.95. The van der Waals surface area contributed by atoms with Gasteiger partial charge in [0.15, 0.2) is 0 Å². The summed E-state index contributed by atoms with van der Waals surface area (Å²) in [7, 11) is 0. The van der Waals surface area contributed by atoms with Crippen molar-refractivity contribution in [3.8, 4) is 6.07 Å². The smallest absolute Gasteiger partial charge is 0.309 e. The molecule has 2 rings (SSSR count). The Morgan fingerprint density at radius 1 is 0.931 bits per heavy atom. The van der Waals surface area contributed by atoms with Crippen LogP contribution in [0.1, 0.15) is 103 Å². The van der Waals surface area contributed by atoms with E-state index in [1.165, 1.54) is 70.3 Å². The topological polar surface area (TPSA) is 50.1 Å². The Kier molecular flexibility index (Phi) is 11.8. The Morgan fingerprint density at radius 2 is 1.62 bits per heavy atom. The molecule has 162 valence electrons. The second kappa shape index (κ2) is 14.4. The van der Waals surface area contributed by atoms with Crippen LogP contribution in [0.25, 0.3) is 0 Å². The van der Waals surface area contributed by atoms with Gasteiger partial charge in [-0.25, -0.2) is 0 Å². The lowest BCUT2D eigenvalue weighted by molar-refractivity contribution is -0.157. The number of carbonyl (C=O) groups is 1. The fraction of sp³-hybridized carbons (Fsp3) is 0.769. The number of esters is 1. The van der Waals surface area contributed by atoms with Crippen molar-refractivity contribution < 1.29 is 9.53 Å². The molecule has 0 amide bonds. The van der Waals surface area contributed by atoms with Crippen LogP contribution >= 0.6 is 0 Å². The summed E-state index contributed by atoms with van der Waals surface area (Å²) in [6.07, 6.45) is 25.5. The zero-order valence-corrected chi connectivity index (χ0v) is 18.5. The summed E-state index contributed by atoms with van der Waals surface area (Å²) < 4.78 is 5.90. The summed E-state index contributed by atoms with van der Waals surface area (Å²) in [5, 5.41) is 8.45. The van der Waals surface area contributed by atoms with E-state index in [0.717, 1.165) is 43.9 Å². The van der Waals surface area contributed by atoms with E-state index in [9.17, 15) is 4.79 Å². The Morgan fingerprint density at radius 3 is 2.31 bits per heavy atom. The van der Waals surface area contributed by atoms with E-state index < -0.39 is 0 Å². The quantitative estimate of drug-likeness (QED) is 0.159. The van der Waals surface area contributed by atoms with Gasteiger partial charge in [-0.2, -0.15) is 5.26 Å². The summed E-state index contributed by atoms with van der Waals surface area (Å²) in [4.78, 5) is 12.6. The highest BCUT2D eigenvalue weighted by Gasteiger charge is 2.30. The molecule has 0 bridgehead atoms. The molecule has 29 heavy (non-hydrogen) atoms. The van der Waals surface area contributed by atoms with Crippen LogP contribution in [-0.4, -0.2) is 12.1 Å². The van der Waals surface area contributed by atoms with Crippen LogP contribution in [0.3, 0.4) is 0 Å². The minimum atomic E-state index is 0.0881. The molecule has 0 aromatic rings. The Bertz CT molecular complexity index is 544. The number of allylic oxidation sites excluding steroid dienone is 4. The maximum absolute atomic E-state index is 12.6. The highest BCUT2D eigenvalue weighted by Crippen LogP contribution is 2.34. The number of ether oxygens (including phenoxy) is 1. The second-order valence-corrected chi connectivity index (χ2v) is 9.14. The van der Waals surface area contributed by atoms with Crippen molar-refractivity contribution in [3.63, 3.8) is 0 Å². The SMILES string of the molecule is CCCCCC[C@H]1CC[C@H](C(=O)OC2CCC(CC/C=C/C=CC#N)CC2)CC1. The molecule has 0 N–H and O–H groups in total. The van der Waals surface area contributed by atoms with Crippen LogP contribution in [0.2, 0.25) is 0 Å². The number of hydrogen-bond donors (Lipinski definition) is 0. The summed E-state index contributed by atoms with van der Waals surface area (Å²) in [6.45, 7) is 2.26. The van der Waals surface area contributed by atoms with Gasteiger partial charge in [0.25, 0.3) is 0 Å². The summed E-state index contributed by atoms with van der Waals surface area (Å²) in [6, 6.07) is 1.99. The molecular formula is C26H41NO2. The molecule has 0 aromatic heterocycles. The molecule has 0 aliphatic heterocycles. The van der Waals surface area contributed by atoms with E-state index in [2.05, 4.69) is 13.0 Å². The van der Waals surface area contributed by atoms with Crippen molar-refractivity contribution in [1.29, 1.82) is 5.26 Å². The van der Waals surface area contributed by atoms with E-state index in [4.69, 9.17) is 10.00 Å². The van der Waals surface area contributed by atoms with Gasteiger partial charge in [-0.3, -0.25) is 4.79 Å². The van der Waals surface area contributed by atoms with Crippen molar-refractivity contribution in [3.05, 3.63) is 24.3 Å². The predicted octanol–water partition coefficient (Wildman–Crippen LogP) is 7.28. The molecule has 0 radical (unpaired) electrons. The van der Waals surface area contributed by atoms with Gasteiger partial charge < -0.3 is 4.74 Å². The van der Waals surface area contributed by atoms with Gasteiger partial charge in [-0.1, -0.05) is 57.3 Å². The fourth-order valence-corrected chi connectivity index (χ4v) is 4.95. The summed E-state index contributed by atoms with van der Waals surface area (Å²) in [5.41, 5.74) is 0.